The Morgan fingerprint density at radius 1 is 1.40 bits per heavy atom. The van der Waals surface area contributed by atoms with E-state index in [0.29, 0.717) is 13.0 Å². The van der Waals surface area contributed by atoms with Gasteiger partial charge in [0.25, 0.3) is 0 Å². The molecule has 15 heavy (non-hydrogen) atoms. The maximum Gasteiger partial charge on any atom is 0.233 e. The van der Waals surface area contributed by atoms with Gasteiger partial charge in [-0.1, -0.05) is 20.3 Å². The van der Waals surface area contributed by atoms with E-state index in [-0.39, 0.29) is 12.5 Å². The standard InChI is InChI=1S/C11H24N2O2/c1-4-6-7-13-10(14)8-12-9-11(3,15)5-2/h12,15H,4-9H2,1-3H3,(H,13,14). The van der Waals surface area contributed by atoms with Crippen LogP contribution in [-0.4, -0.2) is 36.2 Å². The highest BCUT2D eigenvalue weighted by molar-refractivity contribution is 5.77. The van der Waals surface area contributed by atoms with E-state index in [1.54, 1.807) is 6.92 Å². The van der Waals surface area contributed by atoms with E-state index in [9.17, 15) is 9.90 Å². The van der Waals surface area contributed by atoms with E-state index in [0.717, 1.165) is 19.4 Å². The molecular weight excluding hydrogens is 192 g/mol. The first-order chi connectivity index (χ1) is 7.02. The molecule has 0 saturated carbocycles. The molecule has 0 radical (unpaired) electrons. The van der Waals surface area contributed by atoms with Crippen molar-refractivity contribution in [3.8, 4) is 0 Å². The summed E-state index contributed by atoms with van der Waals surface area (Å²) >= 11 is 0. The molecule has 0 aromatic heterocycles. The Labute approximate surface area is 92.4 Å². The van der Waals surface area contributed by atoms with Gasteiger partial charge in [-0.2, -0.15) is 0 Å². The molecule has 0 rings (SSSR count). The molecule has 0 aromatic rings. The Bertz CT molecular complexity index is 181. The zero-order valence-electron chi connectivity index (χ0n) is 10.1. The molecular formula is C11H24N2O2. The van der Waals surface area contributed by atoms with Crippen molar-refractivity contribution in [2.24, 2.45) is 0 Å². The quantitative estimate of drug-likeness (QED) is 0.522. The van der Waals surface area contributed by atoms with E-state index < -0.39 is 5.60 Å². The Kier molecular flexibility index (Phi) is 7.34. The minimum absolute atomic E-state index is 0.00430. The van der Waals surface area contributed by atoms with Gasteiger partial charge < -0.3 is 15.7 Å². The van der Waals surface area contributed by atoms with Crippen LogP contribution < -0.4 is 10.6 Å². The van der Waals surface area contributed by atoms with Gasteiger partial charge in [0, 0.05) is 13.1 Å². The summed E-state index contributed by atoms with van der Waals surface area (Å²) < 4.78 is 0. The Balaban J connectivity index is 3.46. The number of hydrogen-bond acceptors (Lipinski definition) is 3. The molecule has 4 nitrogen and oxygen atoms in total. The van der Waals surface area contributed by atoms with Gasteiger partial charge in [0.1, 0.15) is 0 Å². The number of hydrogen-bond donors (Lipinski definition) is 3. The summed E-state index contributed by atoms with van der Waals surface area (Å²) in [5.74, 6) is -0.00430. The fourth-order valence-corrected chi connectivity index (χ4v) is 1.04. The highest BCUT2D eigenvalue weighted by Gasteiger charge is 2.16. The van der Waals surface area contributed by atoms with Crippen LogP contribution in [0.4, 0.5) is 0 Å². The van der Waals surface area contributed by atoms with Crippen LogP contribution in [-0.2, 0) is 4.79 Å². The highest BCUT2D eigenvalue weighted by Crippen LogP contribution is 2.05. The molecule has 0 aliphatic carbocycles. The van der Waals surface area contributed by atoms with Crippen LogP contribution in [0.2, 0.25) is 0 Å². The molecule has 3 N–H and O–H groups in total. The van der Waals surface area contributed by atoms with Crippen LogP contribution in [0.15, 0.2) is 0 Å². The Morgan fingerprint density at radius 2 is 2.07 bits per heavy atom. The predicted molar refractivity (Wildman–Crippen MR) is 61.7 cm³/mol. The van der Waals surface area contributed by atoms with Gasteiger partial charge >= 0.3 is 0 Å². The average Bonchev–Trinajstić information content (AvgIpc) is 2.18. The molecule has 0 fully saturated rings. The normalized spacial score (nSPS) is 14.7. The van der Waals surface area contributed by atoms with Crippen LogP contribution in [0.1, 0.15) is 40.0 Å². The molecule has 1 unspecified atom stereocenters. The zero-order valence-corrected chi connectivity index (χ0v) is 10.1. The Morgan fingerprint density at radius 3 is 2.60 bits per heavy atom. The van der Waals surface area contributed by atoms with Crippen LogP contribution in [0.5, 0.6) is 0 Å². The lowest BCUT2D eigenvalue weighted by molar-refractivity contribution is -0.120. The molecule has 1 amide bonds. The summed E-state index contributed by atoms with van der Waals surface area (Å²) in [5.41, 5.74) is -0.719. The zero-order chi connectivity index (χ0) is 11.7. The molecule has 1 atom stereocenters. The van der Waals surface area contributed by atoms with Gasteiger partial charge in [0.2, 0.25) is 5.91 Å². The van der Waals surface area contributed by atoms with Crippen LogP contribution in [0.3, 0.4) is 0 Å². The topological polar surface area (TPSA) is 61.4 Å². The minimum Gasteiger partial charge on any atom is -0.389 e. The van der Waals surface area contributed by atoms with E-state index >= 15 is 0 Å². The lowest BCUT2D eigenvalue weighted by Gasteiger charge is -2.21. The van der Waals surface area contributed by atoms with E-state index in [1.807, 2.05) is 6.92 Å². The van der Waals surface area contributed by atoms with Crippen molar-refractivity contribution in [2.75, 3.05) is 19.6 Å². The molecule has 0 bridgehead atoms. The highest BCUT2D eigenvalue weighted by atomic mass is 16.3. The van der Waals surface area contributed by atoms with Crippen molar-refractivity contribution >= 4 is 5.91 Å². The smallest absolute Gasteiger partial charge is 0.233 e. The monoisotopic (exact) mass is 216 g/mol. The first-order valence-corrected chi connectivity index (χ1v) is 5.71. The minimum atomic E-state index is -0.719. The van der Waals surface area contributed by atoms with Crippen LogP contribution in [0.25, 0.3) is 0 Å². The van der Waals surface area contributed by atoms with E-state index in [1.165, 1.54) is 0 Å². The van der Waals surface area contributed by atoms with Gasteiger partial charge in [-0.15, -0.1) is 0 Å². The molecule has 0 aliphatic heterocycles. The van der Waals surface area contributed by atoms with Crippen molar-refractivity contribution < 1.29 is 9.90 Å². The molecule has 4 heteroatoms. The molecule has 0 aromatic carbocycles. The number of unbranched alkanes of at least 4 members (excludes halogenated alkanes) is 1. The van der Waals surface area contributed by atoms with E-state index in [4.69, 9.17) is 0 Å². The lowest BCUT2D eigenvalue weighted by atomic mass is 10.0. The number of carbonyl (C=O) groups is 1. The maximum atomic E-state index is 11.2. The molecule has 0 spiro atoms. The summed E-state index contributed by atoms with van der Waals surface area (Å²) in [6.45, 7) is 7.23. The summed E-state index contributed by atoms with van der Waals surface area (Å²) in [6.07, 6.45) is 2.77. The van der Waals surface area contributed by atoms with Gasteiger partial charge in [0.15, 0.2) is 0 Å². The second-order valence-corrected chi connectivity index (χ2v) is 4.16. The largest absolute Gasteiger partial charge is 0.389 e. The molecule has 0 heterocycles. The van der Waals surface area contributed by atoms with Crippen molar-refractivity contribution in [1.29, 1.82) is 0 Å². The number of aliphatic hydroxyl groups is 1. The molecule has 90 valence electrons. The summed E-state index contributed by atoms with van der Waals surface area (Å²) in [7, 11) is 0. The first-order valence-electron chi connectivity index (χ1n) is 5.71. The fraction of sp³-hybridized carbons (Fsp3) is 0.909. The second-order valence-electron chi connectivity index (χ2n) is 4.16. The van der Waals surface area contributed by atoms with Crippen molar-refractivity contribution in [3.05, 3.63) is 0 Å². The van der Waals surface area contributed by atoms with Crippen LogP contribution in [0, 0.1) is 0 Å². The first kappa shape index (κ1) is 14.4. The number of carbonyl (C=O) groups excluding carboxylic acids is 1. The summed E-state index contributed by atoms with van der Waals surface area (Å²) in [5, 5.41) is 15.4. The summed E-state index contributed by atoms with van der Waals surface area (Å²) in [4.78, 5) is 11.2. The van der Waals surface area contributed by atoms with Crippen molar-refractivity contribution in [3.63, 3.8) is 0 Å². The van der Waals surface area contributed by atoms with Crippen molar-refractivity contribution in [1.82, 2.24) is 10.6 Å². The molecule has 0 saturated heterocycles. The third-order valence-corrected chi connectivity index (χ3v) is 2.41. The summed E-state index contributed by atoms with van der Waals surface area (Å²) in [6, 6.07) is 0. The average molecular weight is 216 g/mol. The molecule has 0 aliphatic rings. The maximum absolute atomic E-state index is 11.2. The lowest BCUT2D eigenvalue weighted by Crippen LogP contribution is -2.42. The van der Waals surface area contributed by atoms with E-state index in [2.05, 4.69) is 17.6 Å². The SMILES string of the molecule is CCCCNC(=O)CNCC(C)(O)CC. The number of nitrogens with one attached hydrogen (secondary N) is 2. The van der Waals surface area contributed by atoms with Crippen LogP contribution >= 0.6 is 0 Å². The third kappa shape index (κ3) is 8.39. The predicted octanol–water partition coefficient (Wildman–Crippen LogP) is 0.653. The van der Waals surface area contributed by atoms with Gasteiger partial charge in [-0.3, -0.25) is 4.79 Å². The van der Waals surface area contributed by atoms with Gasteiger partial charge in [-0.05, 0) is 19.8 Å². The van der Waals surface area contributed by atoms with Crippen molar-refractivity contribution in [2.45, 2.75) is 45.6 Å². The number of amides is 1. The fourth-order valence-electron chi connectivity index (χ4n) is 1.04. The second kappa shape index (κ2) is 7.65. The van der Waals surface area contributed by atoms with Gasteiger partial charge in [0.05, 0.1) is 12.1 Å². The number of rotatable bonds is 8. The van der Waals surface area contributed by atoms with Gasteiger partial charge in [-0.25, -0.2) is 0 Å². The Hall–Kier alpha value is -0.610. The third-order valence-electron chi connectivity index (χ3n) is 2.41.